The molecule has 76 valence electrons. The van der Waals surface area contributed by atoms with Crippen molar-refractivity contribution in [2.75, 3.05) is 0 Å². The number of aliphatic carboxylic acids is 2. The molecule has 4 nitrogen and oxygen atoms in total. The van der Waals surface area contributed by atoms with Crippen LogP contribution in [0.25, 0.3) is 0 Å². The predicted molar refractivity (Wildman–Crippen MR) is 47.5 cm³/mol. The molecule has 0 saturated heterocycles. The summed E-state index contributed by atoms with van der Waals surface area (Å²) in [4.78, 5) is 21.8. The first-order valence-electron chi connectivity index (χ1n) is 4.17. The van der Waals surface area contributed by atoms with Gasteiger partial charge in [-0.25, -0.2) is 0 Å². The van der Waals surface area contributed by atoms with E-state index in [9.17, 15) is 9.59 Å². The summed E-state index contributed by atoms with van der Waals surface area (Å²) in [5.41, 5.74) is -2.48. The molecule has 0 aromatic rings. The molecule has 0 aliphatic carbocycles. The van der Waals surface area contributed by atoms with Crippen molar-refractivity contribution in [3.8, 4) is 0 Å². The van der Waals surface area contributed by atoms with Gasteiger partial charge in [0.2, 0.25) is 0 Å². The molecule has 0 aliphatic heterocycles. The van der Waals surface area contributed by atoms with Crippen molar-refractivity contribution in [2.45, 2.75) is 34.1 Å². The van der Waals surface area contributed by atoms with Gasteiger partial charge in [0.1, 0.15) is 0 Å². The molecule has 0 aromatic heterocycles. The number of hydrogen-bond acceptors (Lipinski definition) is 2. The second-order valence-corrected chi connectivity index (χ2v) is 3.92. The third-order valence-corrected chi connectivity index (χ3v) is 3.09. The highest BCUT2D eigenvalue weighted by molar-refractivity contribution is 5.85. The van der Waals surface area contributed by atoms with Gasteiger partial charge in [-0.15, -0.1) is 0 Å². The third-order valence-electron chi connectivity index (χ3n) is 3.09. The highest BCUT2D eigenvalue weighted by Crippen LogP contribution is 2.41. The van der Waals surface area contributed by atoms with Crippen molar-refractivity contribution in [1.29, 1.82) is 0 Å². The molecule has 0 aliphatic rings. The van der Waals surface area contributed by atoms with E-state index in [1.807, 2.05) is 0 Å². The summed E-state index contributed by atoms with van der Waals surface area (Å²) in [6.07, 6.45) is 0.293. The van der Waals surface area contributed by atoms with Crippen LogP contribution in [0.1, 0.15) is 34.1 Å². The van der Waals surface area contributed by atoms with Gasteiger partial charge in [0.25, 0.3) is 0 Å². The van der Waals surface area contributed by atoms with Crippen molar-refractivity contribution < 1.29 is 19.8 Å². The maximum atomic E-state index is 10.9. The summed E-state index contributed by atoms with van der Waals surface area (Å²) >= 11 is 0. The summed E-state index contributed by atoms with van der Waals surface area (Å²) in [6, 6.07) is 0. The Hall–Kier alpha value is -1.06. The van der Waals surface area contributed by atoms with Gasteiger partial charge in [-0.1, -0.05) is 6.92 Å². The van der Waals surface area contributed by atoms with Crippen molar-refractivity contribution in [3.63, 3.8) is 0 Å². The molecule has 0 fully saturated rings. The average Bonchev–Trinajstić information content (AvgIpc) is 2.01. The van der Waals surface area contributed by atoms with Gasteiger partial charge >= 0.3 is 11.9 Å². The van der Waals surface area contributed by atoms with E-state index >= 15 is 0 Å². The highest BCUT2D eigenvalue weighted by Gasteiger charge is 2.51. The molecular formula is C9H16O4. The van der Waals surface area contributed by atoms with Crippen LogP contribution in [0.2, 0.25) is 0 Å². The van der Waals surface area contributed by atoms with E-state index in [-0.39, 0.29) is 0 Å². The fourth-order valence-electron chi connectivity index (χ4n) is 1.10. The van der Waals surface area contributed by atoms with E-state index in [4.69, 9.17) is 10.2 Å². The zero-order valence-corrected chi connectivity index (χ0v) is 8.42. The number of carboxylic acids is 2. The molecule has 1 atom stereocenters. The Balaban J connectivity index is 5.19. The summed E-state index contributed by atoms with van der Waals surface area (Å²) in [7, 11) is 0. The molecule has 0 bridgehead atoms. The van der Waals surface area contributed by atoms with Crippen LogP contribution in [-0.2, 0) is 9.59 Å². The van der Waals surface area contributed by atoms with E-state index in [0.717, 1.165) is 0 Å². The molecule has 4 heteroatoms. The van der Waals surface area contributed by atoms with E-state index in [1.165, 1.54) is 20.8 Å². The van der Waals surface area contributed by atoms with Gasteiger partial charge in [0.15, 0.2) is 0 Å². The fourth-order valence-corrected chi connectivity index (χ4v) is 1.10. The molecule has 2 N–H and O–H groups in total. The van der Waals surface area contributed by atoms with Crippen molar-refractivity contribution >= 4 is 11.9 Å². The second kappa shape index (κ2) is 3.36. The van der Waals surface area contributed by atoms with Gasteiger partial charge < -0.3 is 10.2 Å². The zero-order valence-electron chi connectivity index (χ0n) is 8.42. The van der Waals surface area contributed by atoms with Gasteiger partial charge in [-0.3, -0.25) is 9.59 Å². The predicted octanol–water partition coefficient (Wildman–Crippen LogP) is 1.60. The van der Waals surface area contributed by atoms with E-state index in [1.54, 1.807) is 6.92 Å². The van der Waals surface area contributed by atoms with Crippen LogP contribution < -0.4 is 0 Å². The Morgan fingerprint density at radius 2 is 1.46 bits per heavy atom. The van der Waals surface area contributed by atoms with Crippen LogP contribution in [0, 0.1) is 10.8 Å². The lowest BCUT2D eigenvalue weighted by Crippen LogP contribution is -2.46. The summed E-state index contributed by atoms with van der Waals surface area (Å²) in [5, 5.41) is 17.8. The Labute approximate surface area is 77.6 Å². The third kappa shape index (κ3) is 1.66. The van der Waals surface area contributed by atoms with Crippen molar-refractivity contribution in [1.82, 2.24) is 0 Å². The molecule has 0 aromatic carbocycles. The van der Waals surface area contributed by atoms with E-state index in [0.29, 0.717) is 6.42 Å². The Bertz CT molecular complexity index is 232. The Morgan fingerprint density at radius 3 is 1.54 bits per heavy atom. The molecule has 0 heterocycles. The first-order valence-corrected chi connectivity index (χ1v) is 4.17. The number of carbonyl (C=O) groups is 2. The van der Waals surface area contributed by atoms with Gasteiger partial charge in [-0.05, 0) is 27.2 Å². The first-order chi connectivity index (χ1) is 5.70. The molecule has 1 unspecified atom stereocenters. The smallest absolute Gasteiger partial charge is 0.310 e. The molecule has 13 heavy (non-hydrogen) atoms. The monoisotopic (exact) mass is 188 g/mol. The fraction of sp³-hybridized carbons (Fsp3) is 0.778. The number of carboxylic acid groups (broad SMARTS) is 2. The minimum atomic E-state index is -1.26. The molecule has 0 radical (unpaired) electrons. The summed E-state index contributed by atoms with van der Waals surface area (Å²) in [6.45, 7) is 6.02. The number of hydrogen-bond donors (Lipinski definition) is 2. The standard InChI is InChI=1S/C9H16O4/c1-5-9(4,7(12)13)8(2,3)6(10)11/h5H2,1-4H3,(H,10,11)(H,12,13). The van der Waals surface area contributed by atoms with Crippen LogP contribution in [0.15, 0.2) is 0 Å². The Morgan fingerprint density at radius 1 is 1.08 bits per heavy atom. The maximum absolute atomic E-state index is 10.9. The number of rotatable bonds is 4. The van der Waals surface area contributed by atoms with Gasteiger partial charge in [0, 0.05) is 0 Å². The zero-order chi connectivity index (χ0) is 10.9. The molecule has 0 amide bonds. The first kappa shape index (κ1) is 11.9. The van der Waals surface area contributed by atoms with Crippen LogP contribution >= 0.6 is 0 Å². The minimum absolute atomic E-state index is 0.293. The maximum Gasteiger partial charge on any atom is 0.310 e. The molecular weight excluding hydrogens is 172 g/mol. The van der Waals surface area contributed by atoms with Crippen LogP contribution in [0.4, 0.5) is 0 Å². The largest absolute Gasteiger partial charge is 0.481 e. The lowest BCUT2D eigenvalue weighted by Gasteiger charge is -2.36. The molecule has 0 spiro atoms. The van der Waals surface area contributed by atoms with Gasteiger partial charge in [0.05, 0.1) is 10.8 Å². The molecule has 0 saturated carbocycles. The van der Waals surface area contributed by atoms with Crippen LogP contribution in [-0.4, -0.2) is 22.2 Å². The average molecular weight is 188 g/mol. The van der Waals surface area contributed by atoms with E-state index < -0.39 is 22.8 Å². The van der Waals surface area contributed by atoms with Crippen LogP contribution in [0.3, 0.4) is 0 Å². The van der Waals surface area contributed by atoms with Crippen LogP contribution in [0.5, 0.6) is 0 Å². The van der Waals surface area contributed by atoms with Crippen molar-refractivity contribution in [2.24, 2.45) is 10.8 Å². The highest BCUT2D eigenvalue weighted by atomic mass is 16.4. The van der Waals surface area contributed by atoms with Gasteiger partial charge in [-0.2, -0.15) is 0 Å². The Kier molecular flexibility index (Phi) is 3.08. The summed E-state index contributed by atoms with van der Waals surface area (Å²) in [5.74, 6) is -2.15. The van der Waals surface area contributed by atoms with Crippen molar-refractivity contribution in [3.05, 3.63) is 0 Å². The lowest BCUT2D eigenvalue weighted by atomic mass is 9.65. The summed E-state index contributed by atoms with van der Waals surface area (Å²) < 4.78 is 0. The quantitative estimate of drug-likeness (QED) is 0.702. The topological polar surface area (TPSA) is 74.6 Å². The molecule has 0 rings (SSSR count). The second-order valence-electron chi connectivity index (χ2n) is 3.92. The normalized spacial score (nSPS) is 16.3. The SMILES string of the molecule is CCC(C)(C(=O)O)C(C)(C)C(=O)O. The lowest BCUT2D eigenvalue weighted by molar-refractivity contribution is -0.169. The van der Waals surface area contributed by atoms with E-state index in [2.05, 4.69) is 0 Å². The minimum Gasteiger partial charge on any atom is -0.481 e.